The highest BCUT2D eigenvalue weighted by Crippen LogP contribution is 2.40. The molecule has 2 nitrogen and oxygen atoms in total. The molecule has 1 aliphatic heterocycles. The summed E-state index contributed by atoms with van der Waals surface area (Å²) < 4.78 is 13.1. The minimum absolute atomic E-state index is 0.0789. The highest BCUT2D eigenvalue weighted by atomic mass is 19.1. The zero-order valence-corrected chi connectivity index (χ0v) is 13.1. The lowest BCUT2D eigenvalue weighted by Gasteiger charge is -2.38. The molecule has 1 amide bonds. The van der Waals surface area contributed by atoms with Gasteiger partial charge in [-0.2, -0.15) is 0 Å². The van der Waals surface area contributed by atoms with Gasteiger partial charge in [0, 0.05) is 18.7 Å². The molecule has 0 bridgehead atoms. The fourth-order valence-electron chi connectivity index (χ4n) is 3.45. The van der Waals surface area contributed by atoms with E-state index in [-0.39, 0.29) is 17.8 Å². The van der Waals surface area contributed by atoms with Gasteiger partial charge in [-0.15, -0.1) is 0 Å². The molecule has 0 aliphatic carbocycles. The van der Waals surface area contributed by atoms with Gasteiger partial charge < -0.3 is 4.90 Å². The first kappa shape index (κ1) is 14.8. The third-order valence-electron chi connectivity index (χ3n) is 4.47. The molecule has 2 atom stereocenters. The number of hydrogen-bond acceptors (Lipinski definition) is 1. The van der Waals surface area contributed by atoms with E-state index in [0.29, 0.717) is 5.92 Å². The summed E-state index contributed by atoms with van der Waals surface area (Å²) in [6.45, 7) is 5.90. The van der Waals surface area contributed by atoms with Crippen molar-refractivity contribution >= 4 is 11.6 Å². The number of halogens is 1. The maximum absolute atomic E-state index is 13.1. The molecule has 1 aliphatic rings. The van der Waals surface area contributed by atoms with Crippen LogP contribution in [0.25, 0.3) is 11.1 Å². The lowest BCUT2D eigenvalue weighted by Crippen LogP contribution is -2.41. The number of fused-ring (bicyclic) bond motifs is 1. The number of rotatable bonds is 1. The average Bonchev–Trinajstić information content (AvgIpc) is 2.47. The smallest absolute Gasteiger partial charge is 0.224 e. The quantitative estimate of drug-likeness (QED) is 0.744. The van der Waals surface area contributed by atoms with Crippen molar-refractivity contribution in [1.82, 2.24) is 0 Å². The van der Waals surface area contributed by atoms with Gasteiger partial charge in [0.15, 0.2) is 0 Å². The Labute approximate surface area is 130 Å². The van der Waals surface area contributed by atoms with Crippen LogP contribution >= 0.6 is 0 Å². The number of carbonyl (C=O) groups is 1. The monoisotopic (exact) mass is 297 g/mol. The summed E-state index contributed by atoms with van der Waals surface area (Å²) in [5.74, 6) is 0.253. The minimum Gasteiger partial charge on any atom is -0.310 e. The number of hydrogen-bond donors (Lipinski definition) is 0. The van der Waals surface area contributed by atoms with Crippen molar-refractivity contribution in [3.63, 3.8) is 0 Å². The van der Waals surface area contributed by atoms with E-state index < -0.39 is 0 Å². The standard InChI is InChI=1S/C19H20FNO/c1-12-10-13(2)21(14(3)22)19-9-6-16(11-18(12)19)15-4-7-17(20)8-5-15/h4-9,11-13H,10H2,1-3H3. The van der Waals surface area contributed by atoms with E-state index in [1.807, 2.05) is 17.0 Å². The van der Waals surface area contributed by atoms with E-state index in [1.54, 1.807) is 19.1 Å². The summed E-state index contributed by atoms with van der Waals surface area (Å²) in [5, 5.41) is 0. The van der Waals surface area contributed by atoms with Crippen molar-refractivity contribution < 1.29 is 9.18 Å². The van der Waals surface area contributed by atoms with Crippen LogP contribution in [0.5, 0.6) is 0 Å². The first-order valence-electron chi connectivity index (χ1n) is 7.67. The third-order valence-corrected chi connectivity index (χ3v) is 4.47. The molecule has 2 aromatic carbocycles. The predicted molar refractivity (Wildman–Crippen MR) is 87.5 cm³/mol. The summed E-state index contributed by atoms with van der Waals surface area (Å²) in [4.78, 5) is 13.8. The van der Waals surface area contributed by atoms with Gasteiger partial charge in [0.25, 0.3) is 0 Å². The van der Waals surface area contributed by atoms with Gasteiger partial charge >= 0.3 is 0 Å². The number of anilines is 1. The third kappa shape index (κ3) is 2.52. The Kier molecular flexibility index (Phi) is 3.73. The van der Waals surface area contributed by atoms with Crippen LogP contribution < -0.4 is 4.90 Å². The largest absolute Gasteiger partial charge is 0.310 e. The lowest BCUT2D eigenvalue weighted by atomic mass is 9.85. The molecule has 114 valence electrons. The highest BCUT2D eigenvalue weighted by Gasteiger charge is 2.30. The molecule has 0 radical (unpaired) electrons. The molecule has 0 saturated heterocycles. The van der Waals surface area contributed by atoms with Gasteiger partial charge in [-0.25, -0.2) is 4.39 Å². The molecule has 0 saturated carbocycles. The number of amides is 1. The van der Waals surface area contributed by atoms with Crippen molar-refractivity contribution in [3.8, 4) is 11.1 Å². The van der Waals surface area contributed by atoms with E-state index in [4.69, 9.17) is 0 Å². The second kappa shape index (κ2) is 5.56. The Hall–Kier alpha value is -2.16. The Morgan fingerprint density at radius 3 is 2.36 bits per heavy atom. The molecule has 0 N–H and O–H groups in total. The number of carbonyl (C=O) groups excluding carboxylic acids is 1. The molecule has 22 heavy (non-hydrogen) atoms. The van der Waals surface area contributed by atoms with Crippen molar-refractivity contribution in [2.24, 2.45) is 0 Å². The van der Waals surface area contributed by atoms with E-state index >= 15 is 0 Å². The van der Waals surface area contributed by atoms with Gasteiger partial charge in [0.2, 0.25) is 5.91 Å². The maximum Gasteiger partial charge on any atom is 0.224 e. The van der Waals surface area contributed by atoms with Crippen molar-refractivity contribution in [3.05, 3.63) is 53.8 Å². The van der Waals surface area contributed by atoms with Crippen LogP contribution in [0, 0.1) is 5.82 Å². The van der Waals surface area contributed by atoms with Crippen LogP contribution in [-0.4, -0.2) is 11.9 Å². The zero-order valence-electron chi connectivity index (χ0n) is 13.1. The summed E-state index contributed by atoms with van der Waals surface area (Å²) in [7, 11) is 0. The molecule has 0 fully saturated rings. The number of benzene rings is 2. The Bertz CT molecular complexity index is 708. The van der Waals surface area contributed by atoms with Crippen LogP contribution in [0.1, 0.15) is 38.7 Å². The average molecular weight is 297 g/mol. The summed E-state index contributed by atoms with van der Waals surface area (Å²) >= 11 is 0. The summed E-state index contributed by atoms with van der Waals surface area (Å²) in [6.07, 6.45) is 0.958. The molecular weight excluding hydrogens is 277 g/mol. The Morgan fingerprint density at radius 2 is 1.73 bits per heavy atom. The molecule has 1 heterocycles. The molecular formula is C19H20FNO. The number of nitrogens with zero attached hydrogens (tertiary/aromatic N) is 1. The van der Waals surface area contributed by atoms with E-state index in [9.17, 15) is 9.18 Å². The van der Waals surface area contributed by atoms with Gasteiger partial charge in [0.1, 0.15) is 5.82 Å². The van der Waals surface area contributed by atoms with E-state index in [2.05, 4.69) is 19.9 Å². The Balaban J connectivity index is 2.07. The maximum atomic E-state index is 13.1. The fraction of sp³-hybridized carbons (Fsp3) is 0.316. The lowest BCUT2D eigenvalue weighted by molar-refractivity contribution is -0.117. The van der Waals surface area contributed by atoms with Crippen LogP contribution in [-0.2, 0) is 4.79 Å². The van der Waals surface area contributed by atoms with Crippen LogP contribution in [0.4, 0.5) is 10.1 Å². The van der Waals surface area contributed by atoms with Crippen LogP contribution in [0.2, 0.25) is 0 Å². The van der Waals surface area contributed by atoms with Crippen molar-refractivity contribution in [1.29, 1.82) is 0 Å². The molecule has 0 spiro atoms. The highest BCUT2D eigenvalue weighted by molar-refractivity contribution is 5.94. The fourth-order valence-corrected chi connectivity index (χ4v) is 3.45. The first-order chi connectivity index (χ1) is 10.5. The van der Waals surface area contributed by atoms with Crippen molar-refractivity contribution in [2.75, 3.05) is 4.90 Å². The SMILES string of the molecule is CC(=O)N1c2ccc(-c3ccc(F)cc3)cc2C(C)CC1C. The topological polar surface area (TPSA) is 20.3 Å². The van der Waals surface area contributed by atoms with Gasteiger partial charge in [0.05, 0.1) is 0 Å². The molecule has 3 rings (SSSR count). The molecule has 3 heteroatoms. The van der Waals surface area contributed by atoms with Gasteiger partial charge in [-0.1, -0.05) is 25.1 Å². The van der Waals surface area contributed by atoms with Gasteiger partial charge in [-0.3, -0.25) is 4.79 Å². The zero-order chi connectivity index (χ0) is 15.9. The van der Waals surface area contributed by atoms with E-state index in [0.717, 1.165) is 23.2 Å². The Morgan fingerprint density at radius 1 is 1.09 bits per heavy atom. The normalized spacial score (nSPS) is 20.6. The minimum atomic E-state index is -0.230. The molecule has 0 aromatic heterocycles. The summed E-state index contributed by atoms with van der Waals surface area (Å²) in [6, 6.07) is 12.9. The second-order valence-corrected chi connectivity index (χ2v) is 6.16. The second-order valence-electron chi connectivity index (χ2n) is 6.16. The van der Waals surface area contributed by atoms with Crippen molar-refractivity contribution in [2.45, 2.75) is 39.2 Å². The van der Waals surface area contributed by atoms with Crippen LogP contribution in [0.3, 0.4) is 0 Å². The molecule has 2 unspecified atom stereocenters. The summed E-state index contributed by atoms with van der Waals surface area (Å²) in [5.41, 5.74) is 4.24. The molecule has 2 aromatic rings. The van der Waals surface area contributed by atoms with Crippen LogP contribution in [0.15, 0.2) is 42.5 Å². The predicted octanol–water partition coefficient (Wildman–Crippen LogP) is 4.74. The first-order valence-corrected chi connectivity index (χ1v) is 7.67. The van der Waals surface area contributed by atoms with E-state index in [1.165, 1.54) is 17.7 Å². The van der Waals surface area contributed by atoms with Gasteiger partial charge in [-0.05, 0) is 60.2 Å².